The molecule has 0 aromatic heterocycles. The summed E-state index contributed by atoms with van der Waals surface area (Å²) in [5.74, 6) is 2.32. The molecule has 1 aromatic rings. The Balaban J connectivity index is 1.62. The molecule has 1 aromatic carbocycles. The third kappa shape index (κ3) is 2.11. The van der Waals surface area contributed by atoms with Crippen molar-refractivity contribution in [2.24, 2.45) is 17.8 Å². The Hall–Kier alpha value is -1.46. The first-order valence-electron chi connectivity index (χ1n) is 6.38. The van der Waals surface area contributed by atoms with E-state index in [0.29, 0.717) is 10.6 Å². The summed E-state index contributed by atoms with van der Waals surface area (Å²) in [5.41, 5.74) is 1.54. The van der Waals surface area contributed by atoms with Crippen LogP contribution in [0.25, 0.3) is 0 Å². The molecule has 1 fully saturated rings. The lowest BCUT2D eigenvalue weighted by atomic mass is 9.93. The van der Waals surface area contributed by atoms with Crippen LogP contribution in [0.1, 0.15) is 18.4 Å². The number of nitrogens with zero attached hydrogens (tertiary/aromatic N) is 1. The molecule has 3 rings (SSSR count). The molecule has 1 saturated carbocycles. The van der Waals surface area contributed by atoms with Gasteiger partial charge < -0.3 is 5.32 Å². The van der Waals surface area contributed by atoms with Crippen LogP contribution in [-0.2, 0) is 0 Å². The van der Waals surface area contributed by atoms with Crippen LogP contribution < -0.4 is 5.32 Å². The lowest BCUT2D eigenvalue weighted by Gasteiger charge is -2.19. The minimum atomic E-state index is 0.523. The number of fused-ring (bicyclic) bond motifs is 2. The van der Waals surface area contributed by atoms with E-state index in [9.17, 15) is 0 Å². The first kappa shape index (κ1) is 11.6. The van der Waals surface area contributed by atoms with Crippen molar-refractivity contribution in [3.8, 4) is 6.07 Å². The summed E-state index contributed by atoms with van der Waals surface area (Å²) in [4.78, 5) is 0. The lowest BCUT2D eigenvalue weighted by Crippen LogP contribution is -2.18. The molecule has 0 spiro atoms. The summed E-state index contributed by atoms with van der Waals surface area (Å²) < 4.78 is 0. The predicted octanol–water partition coefficient (Wildman–Crippen LogP) is 3.84. The van der Waals surface area contributed by atoms with E-state index in [1.807, 2.05) is 12.1 Å². The number of nitriles is 1. The Bertz CT molecular complexity index is 530. The van der Waals surface area contributed by atoms with E-state index in [2.05, 4.69) is 23.5 Å². The SMILES string of the molecule is N#Cc1ccc(NCC2CC3C=CC2C3)cc1Cl. The van der Waals surface area contributed by atoms with Gasteiger partial charge >= 0.3 is 0 Å². The molecule has 3 heteroatoms. The predicted molar refractivity (Wildman–Crippen MR) is 73.5 cm³/mol. The number of hydrogen-bond donors (Lipinski definition) is 1. The minimum absolute atomic E-state index is 0.523. The number of hydrogen-bond acceptors (Lipinski definition) is 2. The van der Waals surface area contributed by atoms with Gasteiger partial charge in [0.1, 0.15) is 6.07 Å². The summed E-state index contributed by atoms with van der Waals surface area (Å²) in [5, 5.41) is 12.8. The molecule has 92 valence electrons. The summed E-state index contributed by atoms with van der Waals surface area (Å²) in [7, 11) is 0. The van der Waals surface area contributed by atoms with Crippen LogP contribution in [0.5, 0.6) is 0 Å². The maximum absolute atomic E-state index is 8.82. The summed E-state index contributed by atoms with van der Waals surface area (Å²) >= 11 is 6.01. The summed E-state index contributed by atoms with van der Waals surface area (Å²) in [6, 6.07) is 7.60. The molecule has 1 N–H and O–H groups in total. The van der Waals surface area contributed by atoms with Crippen molar-refractivity contribution < 1.29 is 0 Å². The monoisotopic (exact) mass is 258 g/mol. The average molecular weight is 259 g/mol. The number of allylic oxidation sites excluding steroid dienone is 2. The molecule has 2 aliphatic rings. The van der Waals surface area contributed by atoms with E-state index in [1.165, 1.54) is 12.8 Å². The van der Waals surface area contributed by atoms with Crippen molar-refractivity contribution in [2.45, 2.75) is 12.8 Å². The largest absolute Gasteiger partial charge is 0.385 e. The minimum Gasteiger partial charge on any atom is -0.385 e. The zero-order valence-electron chi connectivity index (χ0n) is 10.1. The van der Waals surface area contributed by atoms with Crippen LogP contribution in [0, 0.1) is 29.1 Å². The number of anilines is 1. The van der Waals surface area contributed by atoms with E-state index in [-0.39, 0.29) is 0 Å². The third-order valence-corrected chi connectivity index (χ3v) is 4.39. The fourth-order valence-electron chi connectivity index (χ4n) is 3.09. The Morgan fingerprint density at radius 2 is 2.22 bits per heavy atom. The zero-order valence-corrected chi connectivity index (χ0v) is 10.8. The highest BCUT2D eigenvalue weighted by Crippen LogP contribution is 2.43. The molecule has 3 atom stereocenters. The quantitative estimate of drug-likeness (QED) is 0.837. The summed E-state index contributed by atoms with van der Waals surface area (Å²) in [6.07, 6.45) is 7.37. The van der Waals surface area contributed by atoms with Gasteiger partial charge in [0.05, 0.1) is 10.6 Å². The van der Waals surface area contributed by atoms with Crippen LogP contribution in [0.4, 0.5) is 5.69 Å². The van der Waals surface area contributed by atoms with E-state index < -0.39 is 0 Å². The van der Waals surface area contributed by atoms with Crippen molar-refractivity contribution in [1.82, 2.24) is 0 Å². The fourth-order valence-corrected chi connectivity index (χ4v) is 3.32. The molecule has 3 unspecified atom stereocenters. The van der Waals surface area contributed by atoms with Crippen LogP contribution in [0.2, 0.25) is 5.02 Å². The molecule has 0 radical (unpaired) electrons. The van der Waals surface area contributed by atoms with Gasteiger partial charge in [-0.1, -0.05) is 23.8 Å². The standard InChI is InChI=1S/C15H15ClN2/c16-15-7-14(4-3-12(15)8-17)18-9-13-6-10-1-2-11(13)5-10/h1-4,7,10-11,13,18H,5-6,9H2. The molecule has 0 aliphatic heterocycles. The Kier molecular flexibility index (Phi) is 3.01. The average Bonchev–Trinajstić information content (AvgIpc) is 2.98. The molecule has 0 heterocycles. The maximum Gasteiger partial charge on any atom is 0.101 e. The van der Waals surface area contributed by atoms with Crippen LogP contribution in [0.3, 0.4) is 0 Å². The van der Waals surface area contributed by atoms with Gasteiger partial charge in [-0.15, -0.1) is 0 Å². The zero-order chi connectivity index (χ0) is 12.5. The van der Waals surface area contributed by atoms with Crippen LogP contribution >= 0.6 is 11.6 Å². The molecule has 18 heavy (non-hydrogen) atoms. The van der Waals surface area contributed by atoms with Gasteiger partial charge in [-0.2, -0.15) is 5.26 Å². The Morgan fingerprint density at radius 1 is 1.33 bits per heavy atom. The number of benzene rings is 1. The van der Waals surface area contributed by atoms with Crippen molar-refractivity contribution in [3.05, 3.63) is 40.9 Å². The fraction of sp³-hybridized carbons (Fsp3) is 0.400. The highest BCUT2D eigenvalue weighted by molar-refractivity contribution is 6.32. The van der Waals surface area contributed by atoms with Crippen molar-refractivity contribution in [1.29, 1.82) is 5.26 Å². The van der Waals surface area contributed by atoms with Gasteiger partial charge in [-0.05, 0) is 48.8 Å². The smallest absolute Gasteiger partial charge is 0.101 e. The van der Waals surface area contributed by atoms with Crippen molar-refractivity contribution in [2.75, 3.05) is 11.9 Å². The molecule has 2 bridgehead atoms. The number of rotatable bonds is 3. The lowest BCUT2D eigenvalue weighted by molar-refractivity contribution is 0.472. The van der Waals surface area contributed by atoms with Gasteiger partial charge in [0, 0.05) is 12.2 Å². The highest BCUT2D eigenvalue weighted by atomic mass is 35.5. The third-order valence-electron chi connectivity index (χ3n) is 4.07. The van der Waals surface area contributed by atoms with Gasteiger partial charge in [0.15, 0.2) is 0 Å². The topological polar surface area (TPSA) is 35.8 Å². The summed E-state index contributed by atoms with van der Waals surface area (Å²) in [6.45, 7) is 0.994. The molecule has 2 aliphatic carbocycles. The van der Waals surface area contributed by atoms with Gasteiger partial charge in [0.25, 0.3) is 0 Å². The number of nitrogens with one attached hydrogen (secondary N) is 1. The van der Waals surface area contributed by atoms with Crippen molar-refractivity contribution >= 4 is 17.3 Å². The molecule has 0 saturated heterocycles. The van der Waals surface area contributed by atoms with Gasteiger partial charge in [-0.25, -0.2) is 0 Å². The van der Waals surface area contributed by atoms with E-state index in [1.54, 1.807) is 6.07 Å². The van der Waals surface area contributed by atoms with Crippen LogP contribution in [-0.4, -0.2) is 6.54 Å². The first-order valence-corrected chi connectivity index (χ1v) is 6.76. The maximum atomic E-state index is 8.82. The molecule has 0 amide bonds. The van der Waals surface area contributed by atoms with Gasteiger partial charge in [-0.3, -0.25) is 0 Å². The number of halogens is 1. The second-order valence-corrected chi connectivity index (χ2v) is 5.63. The highest BCUT2D eigenvalue weighted by Gasteiger charge is 2.35. The van der Waals surface area contributed by atoms with Crippen molar-refractivity contribution in [3.63, 3.8) is 0 Å². The van der Waals surface area contributed by atoms with E-state index in [0.717, 1.165) is 30.0 Å². The van der Waals surface area contributed by atoms with E-state index >= 15 is 0 Å². The second-order valence-electron chi connectivity index (χ2n) is 5.23. The Morgan fingerprint density at radius 3 is 2.83 bits per heavy atom. The Labute approximate surface area is 112 Å². The first-order chi connectivity index (χ1) is 8.76. The molecule has 2 nitrogen and oxygen atoms in total. The van der Waals surface area contributed by atoms with Gasteiger partial charge in [0.2, 0.25) is 0 Å². The van der Waals surface area contributed by atoms with Crippen LogP contribution in [0.15, 0.2) is 30.4 Å². The molecular formula is C15H15ClN2. The molecular weight excluding hydrogens is 244 g/mol. The van der Waals surface area contributed by atoms with E-state index in [4.69, 9.17) is 16.9 Å². The normalized spacial score (nSPS) is 28.3. The second kappa shape index (κ2) is 4.66.